The van der Waals surface area contributed by atoms with Gasteiger partial charge in [0, 0.05) is 13.5 Å². The Morgan fingerprint density at radius 3 is 2.68 bits per heavy atom. The van der Waals surface area contributed by atoms with Gasteiger partial charge in [-0.3, -0.25) is 0 Å². The molecule has 106 valence electrons. The molecule has 0 aromatic heterocycles. The molecule has 1 aliphatic heterocycles. The molecule has 19 heavy (non-hydrogen) atoms. The maximum absolute atomic E-state index is 9.84. The maximum atomic E-state index is 9.84. The fourth-order valence-corrected chi connectivity index (χ4v) is 2.53. The van der Waals surface area contributed by atoms with Crippen molar-refractivity contribution in [2.75, 3.05) is 7.11 Å². The maximum Gasteiger partial charge on any atom is 0.160 e. The van der Waals surface area contributed by atoms with E-state index in [1.54, 1.807) is 14.0 Å². The van der Waals surface area contributed by atoms with Gasteiger partial charge >= 0.3 is 0 Å². The van der Waals surface area contributed by atoms with Crippen LogP contribution >= 0.6 is 0 Å². The van der Waals surface area contributed by atoms with Crippen molar-refractivity contribution >= 4 is 0 Å². The number of hydrogen-bond donors (Lipinski definition) is 1. The Balaban J connectivity index is 2.03. The van der Waals surface area contributed by atoms with E-state index in [9.17, 15) is 5.11 Å². The number of methoxy groups -OCH3 is 1. The SMILES string of the molecule is CO[C@@H]1C[C@@](C)(OCc2ccccc2)[C@@H]([C@@H](C)O)O1. The molecular weight excluding hydrogens is 244 g/mol. The summed E-state index contributed by atoms with van der Waals surface area (Å²) in [6, 6.07) is 9.98. The average Bonchev–Trinajstić information content (AvgIpc) is 2.76. The summed E-state index contributed by atoms with van der Waals surface area (Å²) in [4.78, 5) is 0. The second-order valence-corrected chi connectivity index (χ2v) is 5.25. The molecule has 4 atom stereocenters. The zero-order valence-electron chi connectivity index (χ0n) is 11.7. The van der Waals surface area contributed by atoms with Gasteiger partial charge in [-0.2, -0.15) is 0 Å². The highest BCUT2D eigenvalue weighted by Gasteiger charge is 2.48. The van der Waals surface area contributed by atoms with Gasteiger partial charge in [0.25, 0.3) is 0 Å². The summed E-state index contributed by atoms with van der Waals surface area (Å²) in [6.45, 7) is 4.18. The minimum atomic E-state index is -0.596. The molecule has 4 nitrogen and oxygen atoms in total. The summed E-state index contributed by atoms with van der Waals surface area (Å²) in [5, 5.41) is 9.84. The van der Waals surface area contributed by atoms with Gasteiger partial charge in [0.2, 0.25) is 0 Å². The van der Waals surface area contributed by atoms with Crippen molar-refractivity contribution in [2.45, 2.75) is 51.0 Å². The fraction of sp³-hybridized carbons (Fsp3) is 0.600. The van der Waals surface area contributed by atoms with Crippen LogP contribution in [0.1, 0.15) is 25.8 Å². The lowest BCUT2D eigenvalue weighted by Crippen LogP contribution is -2.44. The van der Waals surface area contributed by atoms with Crippen molar-refractivity contribution in [3.63, 3.8) is 0 Å². The number of ether oxygens (including phenoxy) is 3. The fourth-order valence-electron chi connectivity index (χ4n) is 2.53. The first-order valence-corrected chi connectivity index (χ1v) is 6.59. The molecule has 0 saturated carbocycles. The summed E-state index contributed by atoms with van der Waals surface area (Å²) < 4.78 is 16.9. The van der Waals surface area contributed by atoms with Crippen LogP contribution < -0.4 is 0 Å². The quantitative estimate of drug-likeness (QED) is 0.886. The monoisotopic (exact) mass is 266 g/mol. The van der Waals surface area contributed by atoms with Crippen molar-refractivity contribution in [1.29, 1.82) is 0 Å². The van der Waals surface area contributed by atoms with Crippen molar-refractivity contribution in [3.8, 4) is 0 Å². The van der Waals surface area contributed by atoms with E-state index in [0.717, 1.165) is 5.56 Å². The highest BCUT2D eigenvalue weighted by Crippen LogP contribution is 2.36. The lowest BCUT2D eigenvalue weighted by Gasteiger charge is -2.31. The summed E-state index contributed by atoms with van der Waals surface area (Å²) in [5.41, 5.74) is 0.568. The first-order chi connectivity index (χ1) is 9.05. The van der Waals surface area contributed by atoms with E-state index in [2.05, 4.69) is 0 Å². The second kappa shape index (κ2) is 6.01. The summed E-state index contributed by atoms with van der Waals surface area (Å²) >= 11 is 0. The molecule has 1 aromatic carbocycles. The van der Waals surface area contributed by atoms with E-state index in [-0.39, 0.29) is 12.4 Å². The number of aliphatic hydroxyl groups excluding tert-OH is 1. The van der Waals surface area contributed by atoms with Gasteiger partial charge in [0.1, 0.15) is 6.10 Å². The van der Waals surface area contributed by atoms with Gasteiger partial charge < -0.3 is 19.3 Å². The molecule has 1 fully saturated rings. The normalized spacial score (nSPS) is 32.4. The molecule has 1 aliphatic rings. The van der Waals surface area contributed by atoms with E-state index < -0.39 is 11.7 Å². The topological polar surface area (TPSA) is 47.9 Å². The van der Waals surface area contributed by atoms with E-state index >= 15 is 0 Å². The first-order valence-electron chi connectivity index (χ1n) is 6.59. The average molecular weight is 266 g/mol. The zero-order valence-corrected chi connectivity index (χ0v) is 11.7. The van der Waals surface area contributed by atoms with E-state index in [0.29, 0.717) is 13.0 Å². The van der Waals surface area contributed by atoms with Crippen LogP contribution in [0.25, 0.3) is 0 Å². The van der Waals surface area contributed by atoms with Crippen LogP contribution in [0.2, 0.25) is 0 Å². The first kappa shape index (κ1) is 14.5. The van der Waals surface area contributed by atoms with Gasteiger partial charge in [-0.15, -0.1) is 0 Å². The number of hydrogen-bond acceptors (Lipinski definition) is 4. The molecule has 0 spiro atoms. The smallest absolute Gasteiger partial charge is 0.160 e. The Kier molecular flexibility index (Phi) is 4.58. The van der Waals surface area contributed by atoms with Crippen LogP contribution in [0, 0.1) is 0 Å². The van der Waals surface area contributed by atoms with E-state index in [4.69, 9.17) is 14.2 Å². The number of benzene rings is 1. The minimum absolute atomic E-state index is 0.319. The number of rotatable bonds is 5. The van der Waals surface area contributed by atoms with Crippen LogP contribution in [0.3, 0.4) is 0 Å². The molecule has 0 radical (unpaired) electrons. The van der Waals surface area contributed by atoms with Crippen molar-refractivity contribution in [3.05, 3.63) is 35.9 Å². The Bertz CT molecular complexity index is 392. The van der Waals surface area contributed by atoms with Crippen LogP contribution in [-0.4, -0.2) is 36.3 Å². The van der Waals surface area contributed by atoms with Crippen molar-refractivity contribution < 1.29 is 19.3 Å². The van der Waals surface area contributed by atoms with Gasteiger partial charge in [0.05, 0.1) is 18.3 Å². The molecule has 0 amide bonds. The predicted octanol–water partition coefficient (Wildman–Crippen LogP) is 2.10. The lowest BCUT2D eigenvalue weighted by molar-refractivity contribution is -0.161. The van der Waals surface area contributed by atoms with Gasteiger partial charge in [-0.25, -0.2) is 0 Å². The van der Waals surface area contributed by atoms with Crippen molar-refractivity contribution in [1.82, 2.24) is 0 Å². The summed E-state index contributed by atoms with van der Waals surface area (Å²) in [6.07, 6.45) is -0.672. The van der Waals surface area contributed by atoms with Crippen LogP contribution in [0.4, 0.5) is 0 Å². The molecule has 0 bridgehead atoms. The molecule has 1 saturated heterocycles. The zero-order chi connectivity index (χ0) is 13.9. The molecule has 4 heteroatoms. The largest absolute Gasteiger partial charge is 0.391 e. The van der Waals surface area contributed by atoms with Gasteiger partial charge in [-0.05, 0) is 19.4 Å². The third kappa shape index (κ3) is 3.34. The van der Waals surface area contributed by atoms with Crippen LogP contribution in [-0.2, 0) is 20.8 Å². The highest BCUT2D eigenvalue weighted by atomic mass is 16.7. The molecule has 0 aliphatic carbocycles. The molecule has 0 unspecified atom stereocenters. The second-order valence-electron chi connectivity index (χ2n) is 5.25. The minimum Gasteiger partial charge on any atom is -0.391 e. The van der Waals surface area contributed by atoms with E-state index in [1.807, 2.05) is 37.3 Å². The third-order valence-electron chi connectivity index (χ3n) is 3.58. The third-order valence-corrected chi connectivity index (χ3v) is 3.58. The van der Waals surface area contributed by atoms with Crippen LogP contribution in [0.15, 0.2) is 30.3 Å². The van der Waals surface area contributed by atoms with E-state index in [1.165, 1.54) is 0 Å². The Morgan fingerprint density at radius 1 is 1.42 bits per heavy atom. The van der Waals surface area contributed by atoms with Gasteiger partial charge in [0.15, 0.2) is 6.29 Å². The number of aliphatic hydroxyl groups is 1. The molecular formula is C15H22O4. The van der Waals surface area contributed by atoms with Gasteiger partial charge in [-0.1, -0.05) is 30.3 Å². The Morgan fingerprint density at radius 2 is 2.11 bits per heavy atom. The molecule has 1 N–H and O–H groups in total. The Hall–Kier alpha value is -0.940. The molecule has 1 heterocycles. The lowest BCUT2D eigenvalue weighted by atomic mass is 9.94. The standard InChI is InChI=1S/C15H22O4/c1-11(16)14-15(2,9-13(17-3)19-14)18-10-12-7-5-4-6-8-12/h4-8,11,13-14,16H,9-10H2,1-3H3/t11-,13+,14-,15-/m1/s1. The summed E-state index contributed by atoms with van der Waals surface area (Å²) in [7, 11) is 1.60. The highest BCUT2D eigenvalue weighted by molar-refractivity contribution is 5.13. The Labute approximate surface area is 114 Å². The summed E-state index contributed by atoms with van der Waals surface area (Å²) in [5.74, 6) is 0. The molecule has 1 aromatic rings. The van der Waals surface area contributed by atoms with Crippen molar-refractivity contribution in [2.24, 2.45) is 0 Å². The molecule has 2 rings (SSSR count). The van der Waals surface area contributed by atoms with Crippen LogP contribution in [0.5, 0.6) is 0 Å². The predicted molar refractivity (Wildman–Crippen MR) is 71.6 cm³/mol.